The minimum Gasteiger partial charge on any atom is -0.507 e. The summed E-state index contributed by atoms with van der Waals surface area (Å²) in [7, 11) is 0. The Labute approximate surface area is 194 Å². The number of phenols is 1. The molecule has 4 aromatic carbocycles. The number of nitrogens with one attached hydrogen (secondary N) is 1. The summed E-state index contributed by atoms with van der Waals surface area (Å²) in [6, 6.07) is 27.3. The van der Waals surface area contributed by atoms with Gasteiger partial charge in [-0.05, 0) is 28.5 Å². The normalized spacial score (nSPS) is 11.3. The molecule has 1 aromatic heterocycles. The lowest BCUT2D eigenvalue weighted by atomic mass is 10.0. The predicted molar refractivity (Wildman–Crippen MR) is 132 cm³/mol. The summed E-state index contributed by atoms with van der Waals surface area (Å²) in [5.74, 6) is -0.509. The van der Waals surface area contributed by atoms with Crippen molar-refractivity contribution in [2.45, 2.75) is 6.54 Å². The van der Waals surface area contributed by atoms with E-state index < -0.39 is 5.91 Å². The average Bonchev–Trinajstić information content (AvgIpc) is 2.87. The molecule has 7 nitrogen and oxygen atoms in total. The fraction of sp³-hybridized carbons (Fsp3) is 0.0370. The Hall–Kier alpha value is -4.78. The fourth-order valence-electron chi connectivity index (χ4n) is 3.89. The molecule has 0 fully saturated rings. The van der Waals surface area contributed by atoms with Crippen molar-refractivity contribution in [3.63, 3.8) is 0 Å². The summed E-state index contributed by atoms with van der Waals surface area (Å²) in [6.07, 6.45) is 1.40. The molecule has 2 N–H and O–H groups in total. The van der Waals surface area contributed by atoms with E-state index in [1.807, 2.05) is 60.7 Å². The summed E-state index contributed by atoms with van der Waals surface area (Å²) in [6.45, 7) is 0.234. The minimum absolute atomic E-state index is 0.0525. The molecule has 0 aliphatic rings. The monoisotopic (exact) mass is 448 g/mol. The minimum atomic E-state index is -0.561. The molecule has 7 heteroatoms. The largest absolute Gasteiger partial charge is 0.507 e. The molecule has 0 aliphatic carbocycles. The van der Waals surface area contributed by atoms with Gasteiger partial charge in [0, 0.05) is 10.9 Å². The van der Waals surface area contributed by atoms with E-state index in [-0.39, 0.29) is 23.5 Å². The highest BCUT2D eigenvalue weighted by Gasteiger charge is 2.16. The molecule has 0 saturated carbocycles. The molecule has 34 heavy (non-hydrogen) atoms. The number of benzene rings is 4. The van der Waals surface area contributed by atoms with E-state index in [2.05, 4.69) is 15.6 Å². The molecule has 1 amide bonds. The van der Waals surface area contributed by atoms with Crippen molar-refractivity contribution in [1.82, 2.24) is 15.2 Å². The average molecular weight is 448 g/mol. The van der Waals surface area contributed by atoms with Gasteiger partial charge >= 0.3 is 0 Å². The highest BCUT2D eigenvalue weighted by atomic mass is 16.3. The van der Waals surface area contributed by atoms with Crippen LogP contribution < -0.4 is 11.0 Å². The van der Waals surface area contributed by atoms with Crippen LogP contribution in [-0.2, 0) is 6.54 Å². The van der Waals surface area contributed by atoms with Crippen LogP contribution in [0.15, 0.2) is 101 Å². The maximum absolute atomic E-state index is 13.0. The van der Waals surface area contributed by atoms with Gasteiger partial charge in [0.2, 0.25) is 0 Å². The highest BCUT2D eigenvalue weighted by molar-refractivity contribution is 6.06. The maximum atomic E-state index is 13.0. The lowest BCUT2D eigenvalue weighted by molar-refractivity contribution is 0.0949. The first-order valence-electron chi connectivity index (χ1n) is 10.7. The molecule has 0 unspecified atom stereocenters. The van der Waals surface area contributed by atoms with E-state index >= 15 is 0 Å². The zero-order valence-electron chi connectivity index (χ0n) is 18.1. The number of fused-ring (bicyclic) bond motifs is 2. The maximum Gasteiger partial charge on any atom is 0.292 e. The number of phenolic OH excluding ortho intramolecular Hbond substituents is 1. The van der Waals surface area contributed by atoms with Crippen molar-refractivity contribution in [3.05, 3.63) is 118 Å². The Morgan fingerprint density at radius 2 is 1.56 bits per heavy atom. The van der Waals surface area contributed by atoms with Crippen molar-refractivity contribution in [2.75, 3.05) is 0 Å². The third-order valence-electron chi connectivity index (χ3n) is 5.57. The van der Waals surface area contributed by atoms with Crippen LogP contribution >= 0.6 is 0 Å². The summed E-state index contributed by atoms with van der Waals surface area (Å²) in [5.41, 5.74) is 3.68. The Kier molecular flexibility index (Phi) is 5.58. The summed E-state index contributed by atoms with van der Waals surface area (Å²) in [4.78, 5) is 26.0. The number of nitrogens with zero attached hydrogens (tertiary/aromatic N) is 3. The quantitative estimate of drug-likeness (QED) is 0.313. The fourth-order valence-corrected chi connectivity index (χ4v) is 3.89. The van der Waals surface area contributed by atoms with Gasteiger partial charge in [-0.2, -0.15) is 10.2 Å². The molecule has 0 saturated heterocycles. The van der Waals surface area contributed by atoms with Crippen molar-refractivity contribution in [2.24, 2.45) is 5.10 Å². The molecular weight excluding hydrogens is 428 g/mol. The van der Waals surface area contributed by atoms with Gasteiger partial charge in [0.1, 0.15) is 5.75 Å². The standard InChI is InChI=1S/C27H20N4O3/c32-24-15-14-19-10-4-5-11-20(19)23(24)16-28-29-26(33)25-21-12-6-7-13-22(21)27(34)31(30-25)17-18-8-2-1-3-9-18/h1-16,32H,17H2,(H,29,33). The van der Waals surface area contributed by atoms with E-state index in [9.17, 15) is 14.7 Å². The number of amides is 1. The van der Waals surface area contributed by atoms with Gasteiger partial charge in [-0.25, -0.2) is 10.1 Å². The van der Waals surface area contributed by atoms with Gasteiger partial charge in [0.15, 0.2) is 5.69 Å². The third-order valence-corrected chi connectivity index (χ3v) is 5.57. The molecule has 5 aromatic rings. The zero-order chi connectivity index (χ0) is 23.5. The van der Waals surface area contributed by atoms with Crippen LogP contribution in [0.2, 0.25) is 0 Å². The summed E-state index contributed by atoms with van der Waals surface area (Å²) < 4.78 is 1.28. The first-order chi connectivity index (χ1) is 16.6. The highest BCUT2D eigenvalue weighted by Crippen LogP contribution is 2.25. The van der Waals surface area contributed by atoms with Gasteiger partial charge in [0.25, 0.3) is 11.5 Å². The number of hydrazone groups is 1. The van der Waals surface area contributed by atoms with Gasteiger partial charge in [-0.3, -0.25) is 9.59 Å². The van der Waals surface area contributed by atoms with Crippen LogP contribution in [0.1, 0.15) is 21.6 Å². The lowest BCUT2D eigenvalue weighted by Gasteiger charge is -2.10. The van der Waals surface area contributed by atoms with Crippen LogP contribution in [0.4, 0.5) is 0 Å². The topological polar surface area (TPSA) is 96.6 Å². The number of aromatic nitrogens is 2. The van der Waals surface area contributed by atoms with Crippen molar-refractivity contribution < 1.29 is 9.90 Å². The molecule has 1 heterocycles. The molecule has 0 aliphatic heterocycles. The zero-order valence-corrected chi connectivity index (χ0v) is 18.1. The van der Waals surface area contributed by atoms with Gasteiger partial charge in [0.05, 0.1) is 18.1 Å². The third kappa shape index (κ3) is 4.02. The Balaban J connectivity index is 1.49. The number of carbonyl (C=O) groups excluding carboxylic acids is 1. The predicted octanol–water partition coefficient (Wildman–Crippen LogP) is 4.07. The van der Waals surface area contributed by atoms with Crippen molar-refractivity contribution in [3.8, 4) is 5.75 Å². The number of aromatic hydroxyl groups is 1. The molecule has 0 bridgehead atoms. The smallest absolute Gasteiger partial charge is 0.292 e. The van der Waals surface area contributed by atoms with Crippen LogP contribution in [0.5, 0.6) is 5.75 Å². The second-order valence-electron chi connectivity index (χ2n) is 7.76. The lowest BCUT2D eigenvalue weighted by Crippen LogP contribution is -2.29. The number of rotatable bonds is 5. The van der Waals surface area contributed by atoms with Crippen LogP contribution in [-0.4, -0.2) is 27.0 Å². The van der Waals surface area contributed by atoms with Crippen molar-refractivity contribution >= 4 is 33.7 Å². The Bertz CT molecular complexity index is 1610. The number of carbonyl (C=O) groups is 1. The van der Waals surface area contributed by atoms with Crippen LogP contribution in [0, 0.1) is 0 Å². The SMILES string of the molecule is O=C(NN=Cc1c(O)ccc2ccccc12)c1nn(Cc2ccccc2)c(=O)c2ccccc12. The van der Waals surface area contributed by atoms with E-state index in [1.54, 1.807) is 30.3 Å². The molecule has 0 spiro atoms. The van der Waals surface area contributed by atoms with Gasteiger partial charge in [-0.1, -0.05) is 78.9 Å². The first-order valence-corrected chi connectivity index (χ1v) is 10.7. The Morgan fingerprint density at radius 1 is 0.882 bits per heavy atom. The second kappa shape index (κ2) is 8.99. The molecule has 166 valence electrons. The van der Waals surface area contributed by atoms with Crippen LogP contribution in [0.3, 0.4) is 0 Å². The van der Waals surface area contributed by atoms with Gasteiger partial charge < -0.3 is 5.11 Å². The van der Waals surface area contributed by atoms with Crippen LogP contribution in [0.25, 0.3) is 21.5 Å². The van der Waals surface area contributed by atoms with E-state index in [0.29, 0.717) is 16.3 Å². The summed E-state index contributed by atoms with van der Waals surface area (Å²) in [5, 5.41) is 21.3. The number of hydrogen-bond donors (Lipinski definition) is 2. The first kappa shape index (κ1) is 21.1. The second-order valence-corrected chi connectivity index (χ2v) is 7.76. The summed E-state index contributed by atoms with van der Waals surface area (Å²) >= 11 is 0. The number of hydrogen-bond acceptors (Lipinski definition) is 5. The molecule has 0 atom stereocenters. The van der Waals surface area contributed by atoms with Gasteiger partial charge in [-0.15, -0.1) is 0 Å². The Morgan fingerprint density at radius 3 is 2.35 bits per heavy atom. The van der Waals surface area contributed by atoms with E-state index in [1.165, 1.54) is 10.9 Å². The molecule has 0 radical (unpaired) electrons. The molecular formula is C27H20N4O3. The van der Waals surface area contributed by atoms with Crippen molar-refractivity contribution in [1.29, 1.82) is 0 Å². The van der Waals surface area contributed by atoms with E-state index in [0.717, 1.165) is 16.3 Å². The van der Waals surface area contributed by atoms with E-state index in [4.69, 9.17) is 0 Å². The molecule has 5 rings (SSSR count).